The summed E-state index contributed by atoms with van der Waals surface area (Å²) in [6.45, 7) is 12.5. The Labute approximate surface area is 228 Å². The normalized spacial score (nSPS) is 12.7. The molecule has 0 aliphatic rings. The Kier molecular flexibility index (Phi) is 7.67. The molecule has 0 aliphatic heterocycles. The summed E-state index contributed by atoms with van der Waals surface area (Å²) in [4.78, 5) is 33.6. The molecule has 1 atom stereocenters. The van der Waals surface area contributed by atoms with Gasteiger partial charge in [-0.25, -0.2) is 14.8 Å². The minimum absolute atomic E-state index is 0.0942. The van der Waals surface area contributed by atoms with Crippen LogP contribution in [0.3, 0.4) is 0 Å². The van der Waals surface area contributed by atoms with E-state index in [2.05, 4.69) is 70.5 Å². The van der Waals surface area contributed by atoms with Crippen LogP contribution in [0.5, 0.6) is 0 Å². The summed E-state index contributed by atoms with van der Waals surface area (Å²) in [5.41, 5.74) is 5.65. The molecule has 1 amide bonds. The van der Waals surface area contributed by atoms with Crippen molar-refractivity contribution in [2.75, 3.05) is 0 Å². The molecule has 2 aromatic carbocycles. The van der Waals surface area contributed by atoms with Gasteiger partial charge in [-0.05, 0) is 28.2 Å². The summed E-state index contributed by atoms with van der Waals surface area (Å²) in [5, 5.41) is 19.2. The van der Waals surface area contributed by atoms with Gasteiger partial charge in [0, 0.05) is 35.4 Å². The number of aromatic amines is 1. The van der Waals surface area contributed by atoms with E-state index in [9.17, 15) is 14.7 Å². The molecule has 202 valence electrons. The number of amides is 1. The maximum absolute atomic E-state index is 12.7. The Morgan fingerprint density at radius 1 is 0.846 bits per heavy atom. The van der Waals surface area contributed by atoms with E-state index in [4.69, 9.17) is 0 Å². The first-order valence-electron chi connectivity index (χ1n) is 12.9. The summed E-state index contributed by atoms with van der Waals surface area (Å²) >= 11 is 0. The van der Waals surface area contributed by atoms with Crippen LogP contribution in [0, 0.1) is 0 Å². The zero-order valence-corrected chi connectivity index (χ0v) is 23.2. The zero-order chi connectivity index (χ0) is 28.4. The molecule has 0 fully saturated rings. The maximum atomic E-state index is 12.7. The van der Waals surface area contributed by atoms with Crippen LogP contribution in [0.1, 0.15) is 68.9 Å². The Morgan fingerprint density at radius 3 is 1.95 bits per heavy atom. The van der Waals surface area contributed by atoms with Crippen LogP contribution >= 0.6 is 0 Å². The number of aromatic nitrogens is 4. The summed E-state index contributed by atoms with van der Waals surface area (Å²) in [6, 6.07) is 16.4. The van der Waals surface area contributed by atoms with Gasteiger partial charge in [0.2, 0.25) is 0 Å². The summed E-state index contributed by atoms with van der Waals surface area (Å²) in [7, 11) is 0. The van der Waals surface area contributed by atoms with E-state index in [0.717, 1.165) is 27.9 Å². The van der Waals surface area contributed by atoms with Crippen LogP contribution < -0.4 is 5.32 Å². The number of carbonyl (C=O) groups is 2. The standard InChI is InChI=1S/C31H35N5O3/c1-30(2,3)23-13-11-20(12-14-23)22-17-32-27(33-18-22)21-9-7-19(8-10-21)15-25(29(38)39)34-28(37)24-16-26(36-35-24)31(4,5)6/h7-14,16-18,25H,15H2,1-6H3,(H,34,37)(H,35,36)(H,38,39)/t25-/m0/s1. The lowest BCUT2D eigenvalue weighted by atomic mass is 9.86. The van der Waals surface area contributed by atoms with Gasteiger partial charge >= 0.3 is 5.97 Å². The molecule has 0 aliphatic carbocycles. The van der Waals surface area contributed by atoms with Crippen molar-refractivity contribution in [3.8, 4) is 22.5 Å². The first kappa shape index (κ1) is 27.7. The average Bonchev–Trinajstić information content (AvgIpc) is 3.40. The van der Waals surface area contributed by atoms with Crippen LogP contribution in [0.4, 0.5) is 0 Å². The third-order valence-electron chi connectivity index (χ3n) is 6.58. The van der Waals surface area contributed by atoms with E-state index in [1.807, 2.05) is 45.0 Å². The smallest absolute Gasteiger partial charge is 0.326 e. The van der Waals surface area contributed by atoms with E-state index < -0.39 is 17.9 Å². The number of nitrogens with zero attached hydrogens (tertiary/aromatic N) is 3. The quantitative estimate of drug-likeness (QED) is 0.291. The SMILES string of the molecule is CC(C)(C)c1ccc(-c2cnc(-c3ccc(C[C@H](NC(=O)c4cc(C(C)(C)C)n[nH]4)C(=O)O)cc3)nc2)cc1. The third-order valence-corrected chi connectivity index (χ3v) is 6.58. The summed E-state index contributed by atoms with van der Waals surface area (Å²) in [5.74, 6) is -1.05. The van der Waals surface area contributed by atoms with Crippen molar-refractivity contribution in [3.63, 3.8) is 0 Å². The van der Waals surface area contributed by atoms with Gasteiger partial charge in [-0.1, -0.05) is 90.1 Å². The maximum Gasteiger partial charge on any atom is 0.326 e. The van der Waals surface area contributed by atoms with Crippen LogP contribution in [0.15, 0.2) is 67.0 Å². The highest BCUT2D eigenvalue weighted by atomic mass is 16.4. The molecule has 2 heterocycles. The molecule has 8 nitrogen and oxygen atoms in total. The molecule has 0 spiro atoms. The second-order valence-corrected chi connectivity index (χ2v) is 11.8. The van der Waals surface area contributed by atoms with E-state index in [1.165, 1.54) is 5.56 Å². The van der Waals surface area contributed by atoms with Gasteiger partial charge in [0.1, 0.15) is 11.7 Å². The Bertz CT molecular complexity index is 1440. The van der Waals surface area contributed by atoms with Gasteiger partial charge in [-0.2, -0.15) is 5.10 Å². The average molecular weight is 526 g/mol. The molecule has 8 heteroatoms. The van der Waals surface area contributed by atoms with Crippen molar-refractivity contribution < 1.29 is 14.7 Å². The number of hydrogen-bond donors (Lipinski definition) is 3. The van der Waals surface area contributed by atoms with Gasteiger partial charge in [-0.15, -0.1) is 0 Å². The number of carboxylic acid groups (broad SMARTS) is 1. The van der Waals surface area contributed by atoms with Gasteiger partial charge in [0.05, 0.1) is 5.69 Å². The first-order valence-corrected chi connectivity index (χ1v) is 12.9. The minimum Gasteiger partial charge on any atom is -0.480 e. The molecule has 39 heavy (non-hydrogen) atoms. The number of carbonyl (C=O) groups excluding carboxylic acids is 1. The fraction of sp³-hybridized carbons (Fsp3) is 0.323. The fourth-order valence-corrected chi connectivity index (χ4v) is 4.07. The molecule has 3 N–H and O–H groups in total. The largest absolute Gasteiger partial charge is 0.480 e. The molecule has 0 bridgehead atoms. The van der Waals surface area contributed by atoms with Gasteiger partial charge in [0.15, 0.2) is 5.82 Å². The van der Waals surface area contributed by atoms with Gasteiger partial charge in [0.25, 0.3) is 5.91 Å². The molecule has 0 saturated carbocycles. The molecule has 4 aromatic rings. The predicted octanol–water partition coefficient (Wildman–Crippen LogP) is 5.55. The van der Waals surface area contributed by atoms with Gasteiger partial charge in [-0.3, -0.25) is 9.89 Å². The number of rotatable bonds is 7. The lowest BCUT2D eigenvalue weighted by molar-refractivity contribution is -0.139. The lowest BCUT2D eigenvalue weighted by Gasteiger charge is -2.19. The van der Waals surface area contributed by atoms with Crippen molar-refractivity contribution in [3.05, 3.63) is 89.5 Å². The first-order chi connectivity index (χ1) is 18.3. The van der Waals surface area contributed by atoms with Crippen LogP contribution in [0.2, 0.25) is 0 Å². The van der Waals surface area contributed by atoms with Crippen LogP contribution in [0.25, 0.3) is 22.5 Å². The van der Waals surface area contributed by atoms with E-state index in [1.54, 1.807) is 18.5 Å². The van der Waals surface area contributed by atoms with Crippen molar-refractivity contribution in [2.45, 2.75) is 64.8 Å². The van der Waals surface area contributed by atoms with Gasteiger partial charge < -0.3 is 10.4 Å². The Morgan fingerprint density at radius 2 is 1.44 bits per heavy atom. The fourth-order valence-electron chi connectivity index (χ4n) is 4.07. The lowest BCUT2D eigenvalue weighted by Crippen LogP contribution is -2.42. The van der Waals surface area contributed by atoms with Crippen LogP contribution in [-0.4, -0.2) is 43.2 Å². The Balaban J connectivity index is 1.42. The highest BCUT2D eigenvalue weighted by Crippen LogP contribution is 2.26. The number of H-pyrrole nitrogens is 1. The van der Waals surface area contributed by atoms with Crippen molar-refractivity contribution in [2.24, 2.45) is 0 Å². The van der Waals surface area contributed by atoms with Crippen molar-refractivity contribution in [1.29, 1.82) is 0 Å². The Hall–Kier alpha value is -4.33. The molecular formula is C31H35N5O3. The molecule has 0 radical (unpaired) electrons. The van der Waals surface area contributed by atoms with E-state index in [-0.39, 0.29) is 22.9 Å². The number of hydrogen-bond acceptors (Lipinski definition) is 5. The number of carboxylic acids is 1. The highest BCUT2D eigenvalue weighted by molar-refractivity contribution is 5.95. The predicted molar refractivity (Wildman–Crippen MR) is 151 cm³/mol. The topological polar surface area (TPSA) is 121 Å². The molecular weight excluding hydrogens is 490 g/mol. The van der Waals surface area contributed by atoms with Crippen LogP contribution in [-0.2, 0) is 22.0 Å². The second-order valence-electron chi connectivity index (χ2n) is 11.8. The molecule has 0 unspecified atom stereocenters. The zero-order valence-electron chi connectivity index (χ0n) is 23.2. The summed E-state index contributed by atoms with van der Waals surface area (Å²) < 4.78 is 0. The second kappa shape index (κ2) is 10.8. The molecule has 0 saturated heterocycles. The minimum atomic E-state index is -1.11. The third kappa shape index (κ3) is 6.76. The van der Waals surface area contributed by atoms with Crippen molar-refractivity contribution in [1.82, 2.24) is 25.5 Å². The number of aliphatic carboxylic acids is 1. The molecule has 4 rings (SSSR count). The number of benzene rings is 2. The van der Waals surface area contributed by atoms with Crippen molar-refractivity contribution >= 4 is 11.9 Å². The highest BCUT2D eigenvalue weighted by Gasteiger charge is 2.24. The summed E-state index contributed by atoms with van der Waals surface area (Å²) in [6.07, 6.45) is 3.74. The van der Waals surface area contributed by atoms with E-state index in [0.29, 0.717) is 5.82 Å². The van der Waals surface area contributed by atoms with E-state index >= 15 is 0 Å². The molecule has 2 aromatic heterocycles. The number of nitrogens with one attached hydrogen (secondary N) is 2. The monoisotopic (exact) mass is 525 g/mol.